The fourth-order valence-electron chi connectivity index (χ4n) is 4.69. The minimum atomic E-state index is -2.44. The molecule has 0 N–H and O–H groups in total. The Morgan fingerprint density at radius 3 is 2.00 bits per heavy atom. The van der Waals surface area contributed by atoms with Gasteiger partial charge in [0.2, 0.25) is 5.91 Å². The van der Waals surface area contributed by atoms with Crippen molar-refractivity contribution >= 4 is 55.8 Å². The number of amides is 1. The second kappa shape index (κ2) is 12.7. The van der Waals surface area contributed by atoms with Crippen LogP contribution in [0, 0.1) is 5.92 Å². The summed E-state index contributed by atoms with van der Waals surface area (Å²) >= 11 is 6.11. The summed E-state index contributed by atoms with van der Waals surface area (Å²) in [7, 11) is -2.44. The fourth-order valence-corrected chi connectivity index (χ4v) is 7.19. The summed E-state index contributed by atoms with van der Waals surface area (Å²) in [4.78, 5) is 57.8. The minimum Gasteiger partial charge on any atom is -0.467 e. The number of ether oxygens (including phenoxy) is 3. The van der Waals surface area contributed by atoms with E-state index in [1.165, 1.54) is 12.3 Å². The average Bonchev–Trinajstić information content (AvgIpc) is 2.84. The van der Waals surface area contributed by atoms with Gasteiger partial charge in [0.25, 0.3) is 11.7 Å². The first kappa shape index (κ1) is 35.3. The molecule has 12 heteroatoms. The summed E-state index contributed by atoms with van der Waals surface area (Å²) in [5, 5.41) is 0.197. The van der Waals surface area contributed by atoms with Gasteiger partial charge in [-0.1, -0.05) is 51.5 Å². The molecule has 1 aliphatic rings. The molecule has 9 nitrogen and oxygen atoms in total. The van der Waals surface area contributed by atoms with Crippen LogP contribution in [-0.4, -0.2) is 65.5 Å². The number of rotatable bonds is 8. The molecule has 0 radical (unpaired) electrons. The van der Waals surface area contributed by atoms with Crippen LogP contribution in [0.4, 0.5) is 9.59 Å². The van der Waals surface area contributed by atoms with Crippen molar-refractivity contribution in [2.24, 2.45) is 5.92 Å². The highest BCUT2D eigenvalue weighted by molar-refractivity contribution is 7.16. The number of esters is 1. The van der Waals surface area contributed by atoms with Crippen LogP contribution in [-0.2, 0) is 25.4 Å². The maximum atomic E-state index is 13.8. The number of nitrogens with zero attached hydrogens (tertiary/aromatic N) is 2. The van der Waals surface area contributed by atoms with Gasteiger partial charge in [0, 0.05) is 16.8 Å². The lowest BCUT2D eigenvalue weighted by Gasteiger charge is -2.57. The van der Waals surface area contributed by atoms with Crippen molar-refractivity contribution in [1.82, 2.24) is 9.55 Å². The molecular formula is C32H44BClN2O7Si. The molecule has 0 saturated carbocycles. The number of pyridine rings is 1. The lowest BCUT2D eigenvalue weighted by molar-refractivity contribution is -0.168. The van der Waals surface area contributed by atoms with E-state index in [0.717, 1.165) is 0 Å². The summed E-state index contributed by atoms with van der Waals surface area (Å²) in [5.74, 6) is -2.94. The number of benzene rings is 1. The standard InChI is InChI=1S/C32H44BClN2O7Si/c1-30(2,3)42-28(39)33(29(40)43-31(4,5)6)24-18-20(15-16-35-24)17-23-25(37)36(44(10,11)32(7,8)9)26(23)41-27(38)21-13-12-14-22(34)19-21/h12-16,18-19,23,26H,17H2,1-11H3/t23-,26+/m0/s1. The van der Waals surface area contributed by atoms with Crippen LogP contribution in [0.15, 0.2) is 42.6 Å². The van der Waals surface area contributed by atoms with Gasteiger partial charge in [-0.15, -0.1) is 0 Å². The summed E-state index contributed by atoms with van der Waals surface area (Å²) in [6.45, 7) is 19.2. The normalized spacial score (nSPS) is 17.5. The molecule has 238 valence electrons. The van der Waals surface area contributed by atoms with Crippen LogP contribution in [0.3, 0.4) is 0 Å². The number of halogens is 1. The molecule has 2 aromatic rings. The molecule has 1 amide bonds. The van der Waals surface area contributed by atoms with Crippen molar-refractivity contribution in [3.63, 3.8) is 0 Å². The second-order valence-electron chi connectivity index (χ2n) is 14.7. The van der Waals surface area contributed by atoms with Gasteiger partial charge in [-0.25, -0.2) is 4.79 Å². The summed E-state index contributed by atoms with van der Waals surface area (Å²) in [6.07, 6.45) is 0.871. The van der Waals surface area contributed by atoms with Crippen molar-refractivity contribution in [3.05, 3.63) is 58.7 Å². The molecule has 0 unspecified atom stereocenters. The molecular weight excluding hydrogens is 599 g/mol. The first-order valence-corrected chi connectivity index (χ1v) is 18.0. The Kier molecular flexibility index (Phi) is 10.2. The Morgan fingerprint density at radius 1 is 0.932 bits per heavy atom. The summed E-state index contributed by atoms with van der Waals surface area (Å²) < 4.78 is 18.9. The van der Waals surface area contributed by atoms with Crippen LogP contribution in [0.1, 0.15) is 78.2 Å². The van der Waals surface area contributed by atoms with Gasteiger partial charge in [0.05, 0.1) is 11.5 Å². The molecule has 0 aliphatic carbocycles. The van der Waals surface area contributed by atoms with Gasteiger partial charge in [-0.05, 0) is 88.9 Å². The largest absolute Gasteiger partial charge is 0.467 e. The van der Waals surface area contributed by atoms with Crippen molar-refractivity contribution < 1.29 is 33.4 Å². The van der Waals surface area contributed by atoms with Gasteiger partial charge in [0.15, 0.2) is 14.5 Å². The van der Waals surface area contributed by atoms with E-state index in [4.69, 9.17) is 25.8 Å². The van der Waals surface area contributed by atoms with E-state index >= 15 is 0 Å². The van der Waals surface area contributed by atoms with E-state index in [1.54, 1.807) is 76.4 Å². The van der Waals surface area contributed by atoms with Gasteiger partial charge in [-0.3, -0.25) is 19.4 Å². The van der Waals surface area contributed by atoms with Crippen LogP contribution < -0.4 is 5.59 Å². The quantitative estimate of drug-likeness (QED) is 0.136. The molecule has 2 atom stereocenters. The zero-order valence-electron chi connectivity index (χ0n) is 27.6. The number of aromatic nitrogens is 1. The van der Waals surface area contributed by atoms with Gasteiger partial charge >= 0.3 is 12.7 Å². The maximum absolute atomic E-state index is 13.8. The Morgan fingerprint density at radius 2 is 1.50 bits per heavy atom. The van der Waals surface area contributed by atoms with Crippen LogP contribution in [0.5, 0.6) is 0 Å². The number of hydrogen-bond donors (Lipinski definition) is 0. The van der Waals surface area contributed by atoms with E-state index in [1.807, 2.05) is 0 Å². The Bertz CT molecular complexity index is 1400. The van der Waals surface area contributed by atoms with E-state index in [-0.39, 0.29) is 28.5 Å². The number of hydrogen-bond acceptors (Lipinski definition) is 8. The highest BCUT2D eigenvalue weighted by Crippen LogP contribution is 2.46. The van der Waals surface area contributed by atoms with E-state index < -0.39 is 56.0 Å². The second-order valence-corrected chi connectivity index (χ2v) is 20.3. The summed E-state index contributed by atoms with van der Waals surface area (Å²) in [5.41, 5.74) is -0.619. The Hall–Kier alpha value is -3.18. The Balaban J connectivity index is 1.97. The first-order chi connectivity index (χ1) is 20.0. The van der Waals surface area contributed by atoms with Crippen molar-refractivity contribution in [3.8, 4) is 0 Å². The molecule has 2 heterocycles. The number of carbonyl (C=O) groups excluding carboxylic acids is 4. The molecule has 1 saturated heterocycles. The molecule has 44 heavy (non-hydrogen) atoms. The van der Waals surface area contributed by atoms with Crippen molar-refractivity contribution in [1.29, 1.82) is 0 Å². The third kappa shape index (κ3) is 8.30. The maximum Gasteiger partial charge on any atom is 0.460 e. The predicted molar refractivity (Wildman–Crippen MR) is 174 cm³/mol. The smallest absolute Gasteiger partial charge is 0.460 e. The Labute approximate surface area is 267 Å². The van der Waals surface area contributed by atoms with Crippen molar-refractivity contribution in [2.45, 2.75) is 104 Å². The number of carbonyl (C=O) groups is 4. The number of β-lactam (4-membered cyclic amide) rings is 1. The molecule has 1 fully saturated rings. The minimum absolute atomic E-state index is 0.116. The van der Waals surface area contributed by atoms with Crippen LogP contribution in [0.2, 0.25) is 23.2 Å². The van der Waals surface area contributed by atoms with Crippen LogP contribution >= 0.6 is 11.6 Å². The topological polar surface area (TPSA) is 112 Å². The SMILES string of the molecule is CC(C)(C)OC(=O)B(C(=O)OC(C)(C)C)c1cc(C[C@H]2C(=O)N([Si](C)(C)C(C)(C)C)[C@@H]2OC(=O)c2cccc(Cl)c2)ccn1. The fraction of sp³-hybridized carbons (Fsp3) is 0.531. The van der Waals surface area contributed by atoms with Crippen LogP contribution in [0.25, 0.3) is 0 Å². The van der Waals surface area contributed by atoms with Crippen molar-refractivity contribution in [2.75, 3.05) is 0 Å². The zero-order chi connectivity index (χ0) is 33.4. The zero-order valence-corrected chi connectivity index (χ0v) is 29.4. The molecule has 1 aromatic heterocycles. The first-order valence-electron chi connectivity index (χ1n) is 14.7. The molecule has 0 spiro atoms. The monoisotopic (exact) mass is 642 g/mol. The van der Waals surface area contributed by atoms with Gasteiger partial charge in [-0.2, -0.15) is 0 Å². The van der Waals surface area contributed by atoms with Gasteiger partial charge < -0.3 is 18.8 Å². The van der Waals surface area contributed by atoms with E-state index in [0.29, 0.717) is 10.6 Å². The molecule has 0 bridgehead atoms. The third-order valence-electron chi connectivity index (χ3n) is 7.76. The highest BCUT2D eigenvalue weighted by atomic mass is 35.5. The van der Waals surface area contributed by atoms with Gasteiger partial charge in [0.1, 0.15) is 11.2 Å². The highest BCUT2D eigenvalue weighted by Gasteiger charge is 2.59. The predicted octanol–water partition coefficient (Wildman–Crippen LogP) is 6.66. The molecule has 3 rings (SSSR count). The summed E-state index contributed by atoms with van der Waals surface area (Å²) in [6, 6.07) is 9.79. The van der Waals surface area contributed by atoms with E-state index in [9.17, 15) is 19.2 Å². The molecule has 1 aliphatic heterocycles. The third-order valence-corrected chi connectivity index (χ3v) is 13.3. The molecule has 1 aromatic carbocycles. The lowest BCUT2D eigenvalue weighted by Crippen LogP contribution is -2.74. The lowest BCUT2D eigenvalue weighted by atomic mass is 9.46. The van der Waals surface area contributed by atoms with E-state index in [2.05, 4.69) is 38.8 Å². The average molecular weight is 643 g/mol.